The largest absolute Gasteiger partial charge is 0.464 e. The number of nitrogens with zero attached hydrogens (tertiary/aromatic N) is 1. The number of rotatable bonds is 1. The van der Waals surface area contributed by atoms with Crippen LogP contribution in [0.1, 0.15) is 30.9 Å². The fraction of sp³-hybridized carbons (Fsp3) is 0.385. The van der Waals surface area contributed by atoms with Crippen molar-refractivity contribution in [3.63, 3.8) is 0 Å². The zero-order valence-corrected chi connectivity index (χ0v) is 8.65. The Labute approximate surface area is 89.3 Å². The lowest BCUT2D eigenvalue weighted by Gasteiger charge is -2.22. The van der Waals surface area contributed by atoms with E-state index in [4.69, 9.17) is 4.42 Å². The highest BCUT2D eigenvalue weighted by Gasteiger charge is 2.18. The van der Waals surface area contributed by atoms with E-state index in [9.17, 15) is 0 Å². The van der Waals surface area contributed by atoms with Crippen molar-refractivity contribution < 1.29 is 4.42 Å². The maximum Gasteiger partial charge on any atom is 0.134 e. The molecule has 1 saturated heterocycles. The number of hydrogen-bond acceptors (Lipinski definition) is 1. The van der Waals surface area contributed by atoms with Gasteiger partial charge in [-0.3, -0.25) is 0 Å². The topological polar surface area (TPSA) is 27.2 Å². The smallest absolute Gasteiger partial charge is 0.134 e. The predicted octanol–water partition coefficient (Wildman–Crippen LogP) is 3.26. The Hall–Kier alpha value is -1.28. The summed E-state index contributed by atoms with van der Waals surface area (Å²) >= 11 is 0. The Morgan fingerprint density at radius 3 is 3.07 bits per heavy atom. The normalized spacial score (nSPS) is 22.0. The van der Waals surface area contributed by atoms with Gasteiger partial charge in [-0.05, 0) is 30.5 Å². The molecule has 0 amide bonds. The summed E-state index contributed by atoms with van der Waals surface area (Å²) in [6.45, 7) is 1.01. The third-order valence-corrected chi connectivity index (χ3v) is 3.12. The van der Waals surface area contributed by atoms with Crippen LogP contribution in [0.2, 0.25) is 0 Å². The molecule has 1 aliphatic heterocycles. The summed E-state index contributed by atoms with van der Waals surface area (Å²) in [6, 6.07) is 8.69. The molecule has 15 heavy (non-hydrogen) atoms. The quantitative estimate of drug-likeness (QED) is 0.694. The van der Waals surface area contributed by atoms with Crippen molar-refractivity contribution in [3.05, 3.63) is 36.1 Å². The number of hydrogen-bond donors (Lipinski definition) is 0. The first-order valence-corrected chi connectivity index (χ1v) is 5.58. The van der Waals surface area contributed by atoms with Crippen LogP contribution in [0, 0.1) is 0 Å². The highest BCUT2D eigenvalue weighted by atomic mass is 16.3. The third kappa shape index (κ3) is 1.55. The number of benzene rings is 1. The lowest BCUT2D eigenvalue weighted by molar-refractivity contribution is 0.405. The summed E-state index contributed by atoms with van der Waals surface area (Å²) in [7, 11) is 0. The first kappa shape index (κ1) is 8.98. The van der Waals surface area contributed by atoms with Crippen LogP contribution in [0.4, 0.5) is 0 Å². The molecule has 1 aromatic heterocycles. The summed E-state index contributed by atoms with van der Waals surface area (Å²) in [6.07, 6.45) is 5.49. The van der Waals surface area contributed by atoms with Gasteiger partial charge in [0.1, 0.15) is 5.58 Å². The molecule has 1 radical (unpaired) electrons. The van der Waals surface area contributed by atoms with Crippen molar-refractivity contribution in [2.75, 3.05) is 6.54 Å². The second-order valence-electron chi connectivity index (χ2n) is 4.10. The zero-order chi connectivity index (χ0) is 10.1. The second kappa shape index (κ2) is 3.70. The molecular weight excluding hydrogens is 186 g/mol. The van der Waals surface area contributed by atoms with E-state index in [-0.39, 0.29) is 0 Å². The van der Waals surface area contributed by atoms with E-state index in [1.165, 1.54) is 30.2 Å². The van der Waals surface area contributed by atoms with Crippen molar-refractivity contribution in [2.45, 2.75) is 25.3 Å². The molecule has 1 unspecified atom stereocenters. The van der Waals surface area contributed by atoms with Crippen molar-refractivity contribution in [2.24, 2.45) is 0 Å². The fourth-order valence-corrected chi connectivity index (χ4v) is 2.35. The van der Waals surface area contributed by atoms with E-state index in [2.05, 4.69) is 23.5 Å². The van der Waals surface area contributed by atoms with Crippen LogP contribution in [-0.4, -0.2) is 6.54 Å². The molecule has 1 aliphatic rings. The van der Waals surface area contributed by atoms with Gasteiger partial charge in [0, 0.05) is 11.9 Å². The summed E-state index contributed by atoms with van der Waals surface area (Å²) in [5.41, 5.74) is 2.31. The Balaban J connectivity index is 2.05. The minimum Gasteiger partial charge on any atom is -0.464 e. The highest BCUT2D eigenvalue weighted by molar-refractivity contribution is 5.81. The van der Waals surface area contributed by atoms with Crippen LogP contribution in [0.3, 0.4) is 0 Å². The first-order valence-electron chi connectivity index (χ1n) is 5.58. The summed E-state index contributed by atoms with van der Waals surface area (Å²) in [4.78, 5) is 0. The fourth-order valence-electron chi connectivity index (χ4n) is 2.35. The lowest BCUT2D eigenvalue weighted by atomic mass is 9.95. The molecule has 0 bridgehead atoms. The third-order valence-electron chi connectivity index (χ3n) is 3.12. The maximum atomic E-state index is 5.41. The highest BCUT2D eigenvalue weighted by Crippen LogP contribution is 2.30. The minimum atomic E-state index is 0.389. The molecule has 0 saturated carbocycles. The molecule has 3 rings (SSSR count). The standard InChI is InChI=1S/C13H14NO/c1-2-8-14-12(5-1)10-4-3-6-13-11(10)7-9-15-13/h3-4,6-7,9,12H,1-2,5,8H2. The van der Waals surface area contributed by atoms with Crippen LogP contribution in [-0.2, 0) is 0 Å². The molecule has 0 N–H and O–H groups in total. The SMILES string of the molecule is c1cc(C2CCCC[N]2)c2ccoc2c1. The second-order valence-corrected chi connectivity index (χ2v) is 4.10. The molecule has 2 aromatic rings. The van der Waals surface area contributed by atoms with E-state index in [0.717, 1.165) is 12.1 Å². The van der Waals surface area contributed by atoms with Crippen molar-refractivity contribution in [3.8, 4) is 0 Å². The van der Waals surface area contributed by atoms with E-state index in [0.29, 0.717) is 6.04 Å². The van der Waals surface area contributed by atoms with E-state index >= 15 is 0 Å². The molecule has 2 heterocycles. The van der Waals surface area contributed by atoms with Crippen molar-refractivity contribution in [1.29, 1.82) is 0 Å². The van der Waals surface area contributed by atoms with E-state index < -0.39 is 0 Å². The van der Waals surface area contributed by atoms with Gasteiger partial charge < -0.3 is 4.42 Å². The van der Waals surface area contributed by atoms with Gasteiger partial charge in [0.05, 0.1) is 12.3 Å². The monoisotopic (exact) mass is 200 g/mol. The van der Waals surface area contributed by atoms with E-state index in [1.807, 2.05) is 6.07 Å². The van der Waals surface area contributed by atoms with Crippen LogP contribution < -0.4 is 5.32 Å². The summed E-state index contributed by atoms with van der Waals surface area (Å²) in [5.74, 6) is 0. The Kier molecular flexibility index (Phi) is 2.22. The average molecular weight is 200 g/mol. The van der Waals surface area contributed by atoms with Crippen LogP contribution >= 0.6 is 0 Å². The van der Waals surface area contributed by atoms with Gasteiger partial charge in [0.2, 0.25) is 0 Å². The Bertz CT molecular complexity index is 454. The van der Waals surface area contributed by atoms with Gasteiger partial charge in [-0.2, -0.15) is 0 Å². The van der Waals surface area contributed by atoms with Gasteiger partial charge >= 0.3 is 0 Å². The van der Waals surface area contributed by atoms with Gasteiger partial charge in [-0.1, -0.05) is 18.6 Å². The van der Waals surface area contributed by atoms with Gasteiger partial charge in [0.25, 0.3) is 0 Å². The van der Waals surface area contributed by atoms with E-state index in [1.54, 1.807) is 6.26 Å². The van der Waals surface area contributed by atoms with Gasteiger partial charge in [-0.15, -0.1) is 0 Å². The average Bonchev–Trinajstić information content (AvgIpc) is 2.78. The molecule has 0 spiro atoms. The number of furan rings is 1. The molecule has 2 nitrogen and oxygen atoms in total. The number of piperidine rings is 1. The van der Waals surface area contributed by atoms with Crippen LogP contribution in [0.15, 0.2) is 34.9 Å². The van der Waals surface area contributed by atoms with Crippen LogP contribution in [0.25, 0.3) is 11.0 Å². The van der Waals surface area contributed by atoms with Crippen molar-refractivity contribution in [1.82, 2.24) is 5.32 Å². The Morgan fingerprint density at radius 1 is 1.20 bits per heavy atom. The summed E-state index contributed by atoms with van der Waals surface area (Å²) in [5, 5.41) is 5.92. The zero-order valence-electron chi connectivity index (χ0n) is 8.65. The molecule has 77 valence electrons. The summed E-state index contributed by atoms with van der Waals surface area (Å²) < 4.78 is 5.41. The predicted molar refractivity (Wildman–Crippen MR) is 59.8 cm³/mol. The molecule has 1 aromatic carbocycles. The van der Waals surface area contributed by atoms with Crippen LogP contribution in [0.5, 0.6) is 0 Å². The number of fused-ring (bicyclic) bond motifs is 1. The maximum absolute atomic E-state index is 5.41. The Morgan fingerprint density at radius 2 is 2.20 bits per heavy atom. The molecule has 2 heteroatoms. The molecule has 0 aliphatic carbocycles. The molecule has 1 atom stereocenters. The minimum absolute atomic E-state index is 0.389. The first-order chi connectivity index (χ1) is 7.45. The lowest BCUT2D eigenvalue weighted by Crippen LogP contribution is -2.20. The molecular formula is C13H14NO. The van der Waals surface area contributed by atoms with Crippen molar-refractivity contribution >= 4 is 11.0 Å². The van der Waals surface area contributed by atoms with Gasteiger partial charge in [0.15, 0.2) is 0 Å². The molecule has 1 fully saturated rings. The van der Waals surface area contributed by atoms with Gasteiger partial charge in [-0.25, -0.2) is 5.32 Å².